The van der Waals surface area contributed by atoms with Gasteiger partial charge in [0.1, 0.15) is 6.33 Å². The standard InChI is InChI=1S/C9H13N5/c1-9(2,3)14-6-12-13-8(14)7-4-10-11-5-7/h4-6H,1-3H3,(H,10,11). The maximum atomic E-state index is 4.08. The van der Waals surface area contributed by atoms with E-state index in [1.807, 2.05) is 10.8 Å². The highest BCUT2D eigenvalue weighted by atomic mass is 15.3. The third kappa shape index (κ3) is 1.41. The van der Waals surface area contributed by atoms with E-state index in [0.717, 1.165) is 11.4 Å². The molecule has 2 heterocycles. The summed E-state index contributed by atoms with van der Waals surface area (Å²) < 4.78 is 2.03. The van der Waals surface area contributed by atoms with Crippen LogP contribution in [0, 0.1) is 0 Å². The maximum Gasteiger partial charge on any atom is 0.167 e. The first kappa shape index (κ1) is 8.93. The Morgan fingerprint density at radius 2 is 2.14 bits per heavy atom. The SMILES string of the molecule is CC(C)(C)n1cnnc1-c1cn[nH]c1. The second-order valence-electron chi connectivity index (χ2n) is 4.18. The summed E-state index contributed by atoms with van der Waals surface area (Å²) in [5.74, 6) is 0.839. The van der Waals surface area contributed by atoms with Gasteiger partial charge in [0.15, 0.2) is 5.82 Å². The molecule has 0 aromatic carbocycles. The molecule has 0 amide bonds. The van der Waals surface area contributed by atoms with Crippen LogP contribution >= 0.6 is 0 Å². The van der Waals surface area contributed by atoms with Crippen LogP contribution in [0.5, 0.6) is 0 Å². The van der Waals surface area contributed by atoms with Crippen molar-refractivity contribution in [1.29, 1.82) is 0 Å². The molecule has 2 aromatic heterocycles. The number of aromatic amines is 1. The molecule has 0 unspecified atom stereocenters. The molecule has 74 valence electrons. The minimum Gasteiger partial charge on any atom is -0.308 e. The van der Waals surface area contributed by atoms with Crippen LogP contribution in [-0.2, 0) is 5.54 Å². The van der Waals surface area contributed by atoms with Crippen LogP contribution in [-0.4, -0.2) is 25.0 Å². The number of aromatic nitrogens is 5. The number of nitrogens with one attached hydrogen (secondary N) is 1. The fourth-order valence-corrected chi connectivity index (χ4v) is 1.30. The molecule has 14 heavy (non-hydrogen) atoms. The van der Waals surface area contributed by atoms with Crippen LogP contribution in [0.25, 0.3) is 11.4 Å². The van der Waals surface area contributed by atoms with Crippen LogP contribution in [0.4, 0.5) is 0 Å². The van der Waals surface area contributed by atoms with Crippen molar-refractivity contribution >= 4 is 0 Å². The van der Waals surface area contributed by atoms with E-state index in [2.05, 4.69) is 41.2 Å². The highest BCUT2D eigenvalue weighted by molar-refractivity contribution is 5.52. The van der Waals surface area contributed by atoms with E-state index in [9.17, 15) is 0 Å². The summed E-state index contributed by atoms with van der Waals surface area (Å²) in [7, 11) is 0. The minimum atomic E-state index is -0.0178. The molecular weight excluding hydrogens is 178 g/mol. The molecule has 0 aliphatic heterocycles. The van der Waals surface area contributed by atoms with E-state index in [4.69, 9.17) is 0 Å². The molecule has 0 atom stereocenters. The van der Waals surface area contributed by atoms with E-state index in [-0.39, 0.29) is 5.54 Å². The summed E-state index contributed by atoms with van der Waals surface area (Å²) in [5.41, 5.74) is 0.938. The van der Waals surface area contributed by atoms with Gasteiger partial charge in [-0.05, 0) is 20.8 Å². The highest BCUT2D eigenvalue weighted by Gasteiger charge is 2.18. The van der Waals surface area contributed by atoms with Crippen LogP contribution < -0.4 is 0 Å². The molecule has 0 aliphatic rings. The lowest BCUT2D eigenvalue weighted by molar-refractivity contribution is 0.400. The maximum absolute atomic E-state index is 4.08. The van der Waals surface area contributed by atoms with Crippen LogP contribution in [0.3, 0.4) is 0 Å². The smallest absolute Gasteiger partial charge is 0.167 e. The van der Waals surface area contributed by atoms with Crippen LogP contribution in [0.2, 0.25) is 0 Å². The summed E-state index contributed by atoms with van der Waals surface area (Å²) in [6.07, 6.45) is 5.29. The van der Waals surface area contributed by atoms with Gasteiger partial charge in [0, 0.05) is 11.7 Å². The Balaban J connectivity index is 2.51. The van der Waals surface area contributed by atoms with E-state index >= 15 is 0 Å². The van der Waals surface area contributed by atoms with Crippen molar-refractivity contribution in [2.45, 2.75) is 26.3 Å². The first-order valence-corrected chi connectivity index (χ1v) is 4.49. The third-order valence-electron chi connectivity index (χ3n) is 2.03. The fraction of sp³-hybridized carbons (Fsp3) is 0.444. The average Bonchev–Trinajstić information content (AvgIpc) is 2.73. The summed E-state index contributed by atoms with van der Waals surface area (Å²) in [6, 6.07) is 0. The molecular formula is C9H13N5. The molecule has 2 aromatic rings. The first-order chi connectivity index (χ1) is 6.59. The van der Waals surface area contributed by atoms with Gasteiger partial charge in [-0.2, -0.15) is 5.10 Å². The van der Waals surface area contributed by atoms with Crippen molar-refractivity contribution in [3.63, 3.8) is 0 Å². The molecule has 0 bridgehead atoms. The molecule has 0 saturated heterocycles. The summed E-state index contributed by atoms with van der Waals surface area (Å²) >= 11 is 0. The van der Waals surface area contributed by atoms with E-state index < -0.39 is 0 Å². The van der Waals surface area contributed by atoms with Gasteiger partial charge in [-0.15, -0.1) is 10.2 Å². The lowest BCUT2D eigenvalue weighted by Gasteiger charge is -2.21. The summed E-state index contributed by atoms with van der Waals surface area (Å²) in [6.45, 7) is 6.33. The fourth-order valence-electron chi connectivity index (χ4n) is 1.30. The van der Waals surface area contributed by atoms with Gasteiger partial charge in [-0.3, -0.25) is 5.10 Å². The van der Waals surface area contributed by atoms with Gasteiger partial charge in [0.25, 0.3) is 0 Å². The van der Waals surface area contributed by atoms with Crippen molar-refractivity contribution < 1.29 is 0 Å². The lowest BCUT2D eigenvalue weighted by Crippen LogP contribution is -2.21. The summed E-state index contributed by atoms with van der Waals surface area (Å²) in [5, 5.41) is 14.7. The van der Waals surface area contributed by atoms with Crippen molar-refractivity contribution in [2.75, 3.05) is 0 Å². The molecule has 0 fully saturated rings. The molecule has 0 saturated carbocycles. The zero-order chi connectivity index (χ0) is 10.2. The number of hydrogen-bond acceptors (Lipinski definition) is 3. The number of H-pyrrole nitrogens is 1. The van der Waals surface area contributed by atoms with E-state index in [1.54, 1.807) is 12.5 Å². The molecule has 0 aliphatic carbocycles. The molecule has 5 nitrogen and oxygen atoms in total. The molecule has 5 heteroatoms. The van der Waals surface area contributed by atoms with Gasteiger partial charge < -0.3 is 4.57 Å². The Morgan fingerprint density at radius 1 is 1.36 bits per heavy atom. The third-order valence-corrected chi connectivity index (χ3v) is 2.03. The lowest BCUT2D eigenvalue weighted by atomic mass is 10.1. The van der Waals surface area contributed by atoms with Crippen LogP contribution in [0.1, 0.15) is 20.8 Å². The van der Waals surface area contributed by atoms with Gasteiger partial charge in [-0.1, -0.05) is 0 Å². The molecule has 0 spiro atoms. The first-order valence-electron chi connectivity index (χ1n) is 4.49. The largest absolute Gasteiger partial charge is 0.308 e. The number of hydrogen-bond donors (Lipinski definition) is 1. The van der Waals surface area contributed by atoms with Gasteiger partial charge in [0.2, 0.25) is 0 Å². The van der Waals surface area contributed by atoms with E-state index in [0.29, 0.717) is 0 Å². The topological polar surface area (TPSA) is 59.4 Å². The van der Waals surface area contributed by atoms with Crippen LogP contribution in [0.15, 0.2) is 18.7 Å². The highest BCUT2D eigenvalue weighted by Crippen LogP contribution is 2.22. The monoisotopic (exact) mass is 191 g/mol. The Morgan fingerprint density at radius 3 is 2.71 bits per heavy atom. The Bertz CT molecular complexity index is 407. The van der Waals surface area contributed by atoms with Gasteiger partial charge in [0.05, 0.1) is 11.8 Å². The van der Waals surface area contributed by atoms with Crippen molar-refractivity contribution in [2.24, 2.45) is 0 Å². The number of nitrogens with zero attached hydrogens (tertiary/aromatic N) is 4. The normalized spacial score (nSPS) is 11.9. The Kier molecular flexibility index (Phi) is 1.87. The predicted molar refractivity (Wildman–Crippen MR) is 52.6 cm³/mol. The second kappa shape index (κ2) is 2.94. The average molecular weight is 191 g/mol. The minimum absolute atomic E-state index is 0.0178. The van der Waals surface area contributed by atoms with Gasteiger partial charge >= 0.3 is 0 Å². The molecule has 1 N–H and O–H groups in total. The number of rotatable bonds is 1. The van der Waals surface area contributed by atoms with Gasteiger partial charge in [-0.25, -0.2) is 0 Å². The Labute approximate surface area is 82.2 Å². The zero-order valence-corrected chi connectivity index (χ0v) is 8.52. The van der Waals surface area contributed by atoms with Crippen molar-refractivity contribution in [3.05, 3.63) is 18.7 Å². The Hall–Kier alpha value is -1.65. The van der Waals surface area contributed by atoms with Crippen molar-refractivity contribution in [1.82, 2.24) is 25.0 Å². The quantitative estimate of drug-likeness (QED) is 0.741. The molecule has 2 rings (SSSR count). The second-order valence-corrected chi connectivity index (χ2v) is 4.18. The van der Waals surface area contributed by atoms with E-state index in [1.165, 1.54) is 0 Å². The summed E-state index contributed by atoms with van der Waals surface area (Å²) in [4.78, 5) is 0. The zero-order valence-electron chi connectivity index (χ0n) is 8.52. The van der Waals surface area contributed by atoms with Crippen molar-refractivity contribution in [3.8, 4) is 11.4 Å². The predicted octanol–water partition coefficient (Wildman–Crippen LogP) is 1.42. The molecule has 0 radical (unpaired) electrons.